The first kappa shape index (κ1) is 31.1. The first-order valence-electron chi connectivity index (χ1n) is 11.6. The van der Waals surface area contributed by atoms with E-state index in [1.165, 1.54) is 11.8 Å². The molecule has 0 aliphatic carbocycles. The number of thioether (sulfide) groups is 1. The molecule has 3 amide bonds. The van der Waals surface area contributed by atoms with Crippen LogP contribution in [0.5, 0.6) is 0 Å². The molecule has 0 heterocycles. The maximum atomic E-state index is 13.1. The Labute approximate surface area is 201 Å². The van der Waals surface area contributed by atoms with Gasteiger partial charge in [-0.25, -0.2) is 4.79 Å². The topological polar surface area (TPSA) is 177 Å². The number of amides is 3. The Bertz CT molecular complexity index is 634. The Morgan fingerprint density at radius 1 is 0.909 bits per heavy atom. The summed E-state index contributed by atoms with van der Waals surface area (Å²) in [5.74, 6) is -2.40. The number of nitrogens with one attached hydrogen (secondary N) is 3. The molecule has 0 aliphatic rings. The van der Waals surface area contributed by atoms with Gasteiger partial charge in [-0.1, -0.05) is 34.1 Å². The summed E-state index contributed by atoms with van der Waals surface area (Å²) >= 11 is 1.53. The number of hydrogen-bond donors (Lipinski definition) is 6. The molecule has 5 atom stereocenters. The second-order valence-electron chi connectivity index (χ2n) is 8.67. The van der Waals surface area contributed by atoms with E-state index in [1.807, 2.05) is 20.1 Å². The van der Waals surface area contributed by atoms with Gasteiger partial charge in [-0.2, -0.15) is 11.8 Å². The number of nitrogens with two attached hydrogens (primary N) is 2. The van der Waals surface area contributed by atoms with Crippen molar-refractivity contribution in [2.75, 3.05) is 18.6 Å². The van der Waals surface area contributed by atoms with Crippen LogP contribution >= 0.6 is 11.8 Å². The predicted octanol–water partition coefficient (Wildman–Crippen LogP) is 0.437. The predicted molar refractivity (Wildman–Crippen MR) is 132 cm³/mol. The Morgan fingerprint density at radius 2 is 1.45 bits per heavy atom. The Balaban J connectivity index is 5.49. The van der Waals surface area contributed by atoms with E-state index in [0.29, 0.717) is 38.0 Å². The largest absolute Gasteiger partial charge is 0.480 e. The molecule has 0 aliphatic heterocycles. The van der Waals surface area contributed by atoms with Crippen LogP contribution in [0.1, 0.15) is 59.8 Å². The number of carbonyl (C=O) groups is 4. The lowest BCUT2D eigenvalue weighted by Crippen LogP contribution is -2.58. The number of aliphatic carboxylic acids is 1. The van der Waals surface area contributed by atoms with E-state index >= 15 is 0 Å². The van der Waals surface area contributed by atoms with Crippen LogP contribution < -0.4 is 27.4 Å². The van der Waals surface area contributed by atoms with Crippen molar-refractivity contribution in [1.29, 1.82) is 0 Å². The number of unbranched alkanes of at least 4 members (excludes halogenated alkanes) is 1. The zero-order chi connectivity index (χ0) is 25.6. The number of hydrogen-bond acceptors (Lipinski definition) is 7. The van der Waals surface area contributed by atoms with Crippen molar-refractivity contribution < 1.29 is 24.3 Å². The van der Waals surface area contributed by atoms with Gasteiger partial charge in [0.05, 0.1) is 6.04 Å². The molecule has 0 spiro atoms. The highest BCUT2D eigenvalue weighted by Crippen LogP contribution is 2.09. The molecule has 0 bridgehead atoms. The van der Waals surface area contributed by atoms with Crippen LogP contribution in [0.25, 0.3) is 0 Å². The molecular formula is C22H43N5O5S. The van der Waals surface area contributed by atoms with Gasteiger partial charge in [0, 0.05) is 0 Å². The number of rotatable bonds is 17. The molecule has 0 aromatic heterocycles. The molecule has 192 valence electrons. The van der Waals surface area contributed by atoms with E-state index in [4.69, 9.17) is 11.5 Å². The zero-order valence-electron chi connectivity index (χ0n) is 20.6. The van der Waals surface area contributed by atoms with Crippen LogP contribution in [0, 0.1) is 11.8 Å². The van der Waals surface area contributed by atoms with Gasteiger partial charge >= 0.3 is 5.97 Å². The van der Waals surface area contributed by atoms with Crippen molar-refractivity contribution in [3.05, 3.63) is 0 Å². The molecule has 5 unspecified atom stereocenters. The summed E-state index contributed by atoms with van der Waals surface area (Å²) in [6.07, 6.45) is 4.52. The first-order chi connectivity index (χ1) is 15.5. The lowest BCUT2D eigenvalue weighted by molar-refractivity contribution is -0.143. The smallest absolute Gasteiger partial charge is 0.326 e. The quantitative estimate of drug-likeness (QED) is 0.159. The van der Waals surface area contributed by atoms with E-state index < -0.39 is 47.9 Å². The van der Waals surface area contributed by atoms with Crippen LogP contribution in [0.2, 0.25) is 0 Å². The second kappa shape index (κ2) is 16.7. The molecule has 10 nitrogen and oxygen atoms in total. The molecule has 0 rings (SSSR count). The Kier molecular flexibility index (Phi) is 15.8. The normalized spacial score (nSPS) is 15.8. The average Bonchev–Trinajstić information content (AvgIpc) is 2.77. The third-order valence-corrected chi connectivity index (χ3v) is 6.26. The van der Waals surface area contributed by atoms with Crippen LogP contribution in [0.3, 0.4) is 0 Å². The number of carboxylic acid groups (broad SMARTS) is 1. The number of carbonyl (C=O) groups excluding carboxylic acids is 3. The summed E-state index contributed by atoms with van der Waals surface area (Å²) in [4.78, 5) is 50.0. The fourth-order valence-electron chi connectivity index (χ4n) is 3.09. The zero-order valence-corrected chi connectivity index (χ0v) is 21.4. The number of carboxylic acids is 1. The molecule has 33 heavy (non-hydrogen) atoms. The first-order valence-corrected chi connectivity index (χ1v) is 13.0. The average molecular weight is 490 g/mol. The Morgan fingerprint density at radius 3 is 1.94 bits per heavy atom. The molecule has 0 aromatic rings. The van der Waals surface area contributed by atoms with Crippen LogP contribution in [0.15, 0.2) is 0 Å². The molecule has 0 saturated heterocycles. The third-order valence-electron chi connectivity index (χ3n) is 5.61. The van der Waals surface area contributed by atoms with E-state index in [1.54, 1.807) is 13.8 Å². The highest BCUT2D eigenvalue weighted by Gasteiger charge is 2.31. The van der Waals surface area contributed by atoms with E-state index in [-0.39, 0.29) is 11.8 Å². The summed E-state index contributed by atoms with van der Waals surface area (Å²) in [5.41, 5.74) is 11.6. The fraction of sp³-hybridized carbons (Fsp3) is 0.818. The fourth-order valence-corrected chi connectivity index (χ4v) is 3.56. The molecule has 0 radical (unpaired) electrons. The van der Waals surface area contributed by atoms with Gasteiger partial charge in [-0.15, -0.1) is 0 Å². The van der Waals surface area contributed by atoms with Crippen molar-refractivity contribution in [3.8, 4) is 0 Å². The molecule has 0 aromatic carbocycles. The lowest BCUT2D eigenvalue weighted by atomic mass is 9.99. The maximum absolute atomic E-state index is 13.1. The van der Waals surface area contributed by atoms with Gasteiger partial charge < -0.3 is 32.5 Å². The molecular weight excluding hydrogens is 446 g/mol. The van der Waals surface area contributed by atoms with Crippen molar-refractivity contribution in [3.63, 3.8) is 0 Å². The van der Waals surface area contributed by atoms with Crippen molar-refractivity contribution in [2.24, 2.45) is 23.3 Å². The molecule has 0 fully saturated rings. The molecule has 11 heteroatoms. The monoisotopic (exact) mass is 489 g/mol. The van der Waals surface area contributed by atoms with E-state index in [0.717, 1.165) is 6.42 Å². The third kappa shape index (κ3) is 11.7. The SMILES string of the molecule is CCC(C)C(N)C(=O)NC(CCSC)C(=O)NC(CCCCN)C(=O)NC(C(=O)O)C(C)C. The van der Waals surface area contributed by atoms with Crippen molar-refractivity contribution in [1.82, 2.24) is 16.0 Å². The summed E-state index contributed by atoms with van der Waals surface area (Å²) in [6.45, 7) is 7.62. The van der Waals surface area contributed by atoms with Gasteiger partial charge in [-0.05, 0) is 56.1 Å². The van der Waals surface area contributed by atoms with Crippen LogP contribution in [-0.2, 0) is 19.2 Å². The molecule has 0 saturated carbocycles. The maximum Gasteiger partial charge on any atom is 0.326 e. The van der Waals surface area contributed by atoms with Gasteiger partial charge in [0.15, 0.2) is 0 Å². The second-order valence-corrected chi connectivity index (χ2v) is 9.65. The van der Waals surface area contributed by atoms with Crippen LogP contribution in [0.4, 0.5) is 0 Å². The summed E-state index contributed by atoms with van der Waals surface area (Å²) < 4.78 is 0. The highest BCUT2D eigenvalue weighted by atomic mass is 32.2. The van der Waals surface area contributed by atoms with E-state index in [2.05, 4.69) is 16.0 Å². The minimum absolute atomic E-state index is 0.0481. The van der Waals surface area contributed by atoms with Gasteiger partial charge in [-0.3, -0.25) is 14.4 Å². The van der Waals surface area contributed by atoms with Crippen molar-refractivity contribution >= 4 is 35.5 Å². The molecule has 8 N–H and O–H groups in total. The van der Waals surface area contributed by atoms with Crippen molar-refractivity contribution in [2.45, 2.75) is 84.0 Å². The highest BCUT2D eigenvalue weighted by molar-refractivity contribution is 7.98. The Hall–Kier alpha value is -1.85. The summed E-state index contributed by atoms with van der Waals surface area (Å²) in [6, 6.07) is -3.62. The summed E-state index contributed by atoms with van der Waals surface area (Å²) in [7, 11) is 0. The van der Waals surface area contributed by atoms with E-state index in [9.17, 15) is 24.3 Å². The van der Waals surface area contributed by atoms with Gasteiger partial charge in [0.25, 0.3) is 0 Å². The van der Waals surface area contributed by atoms with Gasteiger partial charge in [0.2, 0.25) is 17.7 Å². The lowest BCUT2D eigenvalue weighted by Gasteiger charge is -2.26. The minimum atomic E-state index is -1.14. The minimum Gasteiger partial charge on any atom is -0.480 e. The standard InChI is InChI=1S/C22H43N5O5S/c1-6-14(4)17(24)21(30)26-16(10-12-33-5)19(28)25-15(9-7-8-11-23)20(29)27-18(13(2)3)22(31)32/h13-18H,6-12,23-24H2,1-5H3,(H,25,28)(H,26,30)(H,27,29)(H,31,32). The van der Waals surface area contributed by atoms with Gasteiger partial charge in [0.1, 0.15) is 18.1 Å². The van der Waals surface area contributed by atoms with Crippen LogP contribution in [-0.4, -0.2) is 71.5 Å². The summed E-state index contributed by atoms with van der Waals surface area (Å²) in [5, 5.41) is 17.3.